The quantitative estimate of drug-likeness (QED) is 0.649. The van der Waals surface area contributed by atoms with Crippen molar-refractivity contribution in [1.82, 2.24) is 0 Å². The molecule has 0 N–H and O–H groups in total. The second-order valence-corrected chi connectivity index (χ2v) is 7.28. The molecule has 2 aromatic rings. The van der Waals surface area contributed by atoms with Gasteiger partial charge < -0.3 is 0 Å². The van der Waals surface area contributed by atoms with E-state index in [1.54, 1.807) is 0 Å². The summed E-state index contributed by atoms with van der Waals surface area (Å²) in [5.74, 6) is 0.445. The van der Waals surface area contributed by atoms with Crippen molar-refractivity contribution in [2.75, 3.05) is 0 Å². The van der Waals surface area contributed by atoms with Crippen LogP contribution in [0, 0.1) is 5.41 Å². The van der Waals surface area contributed by atoms with E-state index < -0.39 is 0 Å². The Hall–Kier alpha value is -2.15. The lowest BCUT2D eigenvalue weighted by Crippen LogP contribution is -2.34. The Balaban J connectivity index is 1.74. The highest BCUT2D eigenvalue weighted by Gasteiger charge is 2.49. The van der Waals surface area contributed by atoms with Crippen LogP contribution in [0.5, 0.6) is 0 Å². The third kappa shape index (κ3) is 1.41. The minimum Gasteiger partial charge on any atom is -0.280 e. The molecule has 1 nitrogen and oxygen atoms in total. The Kier molecular flexibility index (Phi) is 2.24. The molecular formula is C21H19N. The number of nitrogens with zero attached hydrogens (tertiary/aromatic N) is 1. The van der Waals surface area contributed by atoms with E-state index in [0.717, 1.165) is 6.42 Å². The first-order valence-electron chi connectivity index (χ1n) is 8.11. The maximum atomic E-state index is 5.21. The highest BCUT2D eigenvalue weighted by Crippen LogP contribution is 2.58. The van der Waals surface area contributed by atoms with E-state index in [9.17, 15) is 0 Å². The standard InChI is InChI=1S/C21H19N/c1-21(2)17-11-13-7-4-6-10-16(13)20(17)22-18-12-14-8-3-5-9-15(14)19(18)21/h3-11,19-20H,12H2,1-2H3. The van der Waals surface area contributed by atoms with Gasteiger partial charge >= 0.3 is 0 Å². The zero-order valence-corrected chi connectivity index (χ0v) is 13.0. The van der Waals surface area contributed by atoms with Gasteiger partial charge in [0.1, 0.15) is 0 Å². The number of hydrogen-bond donors (Lipinski definition) is 0. The largest absolute Gasteiger partial charge is 0.280 e. The number of aliphatic imine (C=N–C) groups is 1. The SMILES string of the molecule is CC1(C)C2=Cc3ccccc3C2N=C2Cc3ccccc3C21. The van der Waals surface area contributed by atoms with Gasteiger partial charge in [0.2, 0.25) is 0 Å². The fraction of sp³-hybridized carbons (Fsp3) is 0.286. The lowest BCUT2D eigenvalue weighted by atomic mass is 9.66. The molecule has 0 amide bonds. The molecule has 0 saturated heterocycles. The van der Waals surface area contributed by atoms with Crippen LogP contribution in [-0.4, -0.2) is 5.71 Å². The van der Waals surface area contributed by atoms with E-state index in [4.69, 9.17) is 4.99 Å². The number of fused-ring (bicyclic) bond motifs is 6. The molecule has 2 aromatic carbocycles. The van der Waals surface area contributed by atoms with Crippen LogP contribution >= 0.6 is 0 Å². The predicted molar refractivity (Wildman–Crippen MR) is 91.3 cm³/mol. The van der Waals surface area contributed by atoms with Crippen LogP contribution in [0.25, 0.3) is 6.08 Å². The molecule has 2 unspecified atom stereocenters. The summed E-state index contributed by atoms with van der Waals surface area (Å²) in [5, 5.41) is 0. The zero-order chi connectivity index (χ0) is 14.9. The van der Waals surface area contributed by atoms with Crippen LogP contribution < -0.4 is 0 Å². The van der Waals surface area contributed by atoms with Gasteiger partial charge in [-0.2, -0.15) is 0 Å². The lowest BCUT2D eigenvalue weighted by molar-refractivity contribution is 0.381. The molecule has 0 aromatic heterocycles. The number of benzene rings is 2. The molecule has 0 radical (unpaired) electrons. The van der Waals surface area contributed by atoms with Gasteiger partial charge in [0, 0.05) is 23.5 Å². The van der Waals surface area contributed by atoms with Crippen LogP contribution in [0.1, 0.15) is 48.1 Å². The Morgan fingerprint density at radius 2 is 1.68 bits per heavy atom. The van der Waals surface area contributed by atoms with Gasteiger partial charge in [-0.25, -0.2) is 0 Å². The van der Waals surface area contributed by atoms with Crippen molar-refractivity contribution in [2.24, 2.45) is 10.4 Å². The molecule has 0 spiro atoms. The monoisotopic (exact) mass is 285 g/mol. The van der Waals surface area contributed by atoms with Crippen molar-refractivity contribution in [2.45, 2.75) is 32.2 Å². The first kappa shape index (κ1) is 12.4. The summed E-state index contributed by atoms with van der Waals surface area (Å²) in [7, 11) is 0. The highest BCUT2D eigenvalue weighted by atomic mass is 14.9. The predicted octanol–water partition coefficient (Wildman–Crippen LogP) is 4.95. The minimum absolute atomic E-state index is 0.132. The maximum Gasteiger partial charge on any atom is 0.0973 e. The number of hydrogen-bond acceptors (Lipinski definition) is 1. The van der Waals surface area contributed by atoms with Gasteiger partial charge in [0.25, 0.3) is 0 Å². The van der Waals surface area contributed by atoms with E-state index in [2.05, 4.69) is 68.5 Å². The molecule has 0 saturated carbocycles. The molecule has 1 heterocycles. The highest BCUT2D eigenvalue weighted by molar-refractivity contribution is 6.00. The van der Waals surface area contributed by atoms with Gasteiger partial charge in [-0.05, 0) is 27.8 Å². The van der Waals surface area contributed by atoms with Gasteiger partial charge in [0.15, 0.2) is 0 Å². The molecule has 0 bridgehead atoms. The van der Waals surface area contributed by atoms with Crippen molar-refractivity contribution in [1.29, 1.82) is 0 Å². The molecule has 1 aliphatic heterocycles. The molecule has 22 heavy (non-hydrogen) atoms. The van der Waals surface area contributed by atoms with Crippen LogP contribution in [0.2, 0.25) is 0 Å². The molecule has 2 atom stereocenters. The first-order valence-corrected chi connectivity index (χ1v) is 8.11. The second-order valence-electron chi connectivity index (χ2n) is 7.28. The Morgan fingerprint density at radius 3 is 2.55 bits per heavy atom. The molecule has 2 aliphatic carbocycles. The van der Waals surface area contributed by atoms with Crippen molar-refractivity contribution in [3.05, 3.63) is 76.4 Å². The van der Waals surface area contributed by atoms with Gasteiger partial charge in [-0.15, -0.1) is 0 Å². The Bertz CT molecular complexity index is 854. The van der Waals surface area contributed by atoms with Crippen molar-refractivity contribution < 1.29 is 0 Å². The summed E-state index contributed by atoms with van der Waals surface area (Å²) in [5.41, 5.74) is 8.69. The van der Waals surface area contributed by atoms with Crippen molar-refractivity contribution >= 4 is 11.8 Å². The lowest BCUT2D eigenvalue weighted by Gasteiger charge is -2.40. The molecule has 3 aliphatic rings. The van der Waals surface area contributed by atoms with E-state index >= 15 is 0 Å². The zero-order valence-electron chi connectivity index (χ0n) is 13.0. The average molecular weight is 285 g/mol. The topological polar surface area (TPSA) is 12.4 Å². The summed E-state index contributed by atoms with van der Waals surface area (Å²) in [4.78, 5) is 5.21. The van der Waals surface area contributed by atoms with Crippen LogP contribution in [-0.2, 0) is 6.42 Å². The smallest absolute Gasteiger partial charge is 0.0973 e. The van der Waals surface area contributed by atoms with E-state index in [-0.39, 0.29) is 11.5 Å². The van der Waals surface area contributed by atoms with E-state index in [1.165, 1.54) is 33.5 Å². The minimum atomic E-state index is 0.132. The Labute approximate surface area is 131 Å². The van der Waals surface area contributed by atoms with E-state index in [1.807, 2.05) is 0 Å². The first-order chi connectivity index (χ1) is 10.7. The molecule has 0 fully saturated rings. The summed E-state index contributed by atoms with van der Waals surface area (Å²) >= 11 is 0. The molecule has 108 valence electrons. The van der Waals surface area contributed by atoms with Gasteiger partial charge in [-0.3, -0.25) is 4.99 Å². The van der Waals surface area contributed by atoms with Crippen molar-refractivity contribution in [3.63, 3.8) is 0 Å². The Morgan fingerprint density at radius 1 is 0.955 bits per heavy atom. The normalized spacial score (nSPS) is 26.5. The molecular weight excluding hydrogens is 266 g/mol. The van der Waals surface area contributed by atoms with Gasteiger partial charge in [-0.1, -0.05) is 68.5 Å². The molecule has 5 rings (SSSR count). The fourth-order valence-corrected chi connectivity index (χ4v) is 4.69. The van der Waals surface area contributed by atoms with E-state index in [0.29, 0.717) is 5.92 Å². The summed E-state index contributed by atoms with van der Waals surface area (Å²) in [6.45, 7) is 4.80. The van der Waals surface area contributed by atoms with Crippen LogP contribution in [0.4, 0.5) is 0 Å². The van der Waals surface area contributed by atoms with Crippen molar-refractivity contribution in [3.8, 4) is 0 Å². The summed E-state index contributed by atoms with van der Waals surface area (Å²) in [6, 6.07) is 17.9. The summed E-state index contributed by atoms with van der Waals surface area (Å²) in [6.07, 6.45) is 3.41. The third-order valence-corrected chi connectivity index (χ3v) is 5.73. The molecule has 1 heteroatoms. The van der Waals surface area contributed by atoms with Crippen LogP contribution in [0.3, 0.4) is 0 Å². The average Bonchev–Trinajstić information content (AvgIpc) is 3.07. The van der Waals surface area contributed by atoms with Gasteiger partial charge in [0.05, 0.1) is 6.04 Å². The fourth-order valence-electron chi connectivity index (χ4n) is 4.69. The summed E-state index contributed by atoms with van der Waals surface area (Å²) < 4.78 is 0. The van der Waals surface area contributed by atoms with Crippen LogP contribution in [0.15, 0.2) is 59.1 Å². The maximum absolute atomic E-state index is 5.21. The second kappa shape index (κ2) is 3.98. The third-order valence-electron chi connectivity index (χ3n) is 5.73. The number of rotatable bonds is 0.